The van der Waals surface area contributed by atoms with Crippen LogP contribution in [0.5, 0.6) is 0 Å². The maximum Gasteiger partial charge on any atom is 0.123 e. The van der Waals surface area contributed by atoms with Gasteiger partial charge >= 0.3 is 0 Å². The second kappa shape index (κ2) is 7.03. The molecule has 4 heteroatoms. The summed E-state index contributed by atoms with van der Waals surface area (Å²) < 4.78 is 13.3. The lowest BCUT2D eigenvalue weighted by molar-refractivity contribution is 0.252. The van der Waals surface area contributed by atoms with Crippen LogP contribution in [0.3, 0.4) is 0 Å². The third-order valence-corrected chi connectivity index (χ3v) is 4.17. The van der Waals surface area contributed by atoms with Crippen LogP contribution < -0.4 is 5.73 Å². The molecule has 0 saturated carbocycles. The minimum atomic E-state index is -0.249. The summed E-state index contributed by atoms with van der Waals surface area (Å²) in [6.07, 6.45) is 0. The van der Waals surface area contributed by atoms with E-state index < -0.39 is 0 Å². The zero-order chi connectivity index (χ0) is 15.4. The first-order valence-electron chi connectivity index (χ1n) is 6.95. The molecule has 1 atom stereocenters. The zero-order valence-corrected chi connectivity index (χ0v) is 13.1. The Morgan fingerprint density at radius 1 is 1.19 bits per heavy atom. The Labute approximate surface area is 130 Å². The second-order valence-corrected chi connectivity index (χ2v) is 5.64. The van der Waals surface area contributed by atoms with E-state index in [2.05, 4.69) is 11.8 Å². The van der Waals surface area contributed by atoms with Crippen molar-refractivity contribution in [3.05, 3.63) is 70.0 Å². The lowest BCUT2D eigenvalue weighted by atomic mass is 10.0. The van der Waals surface area contributed by atoms with Gasteiger partial charge in [-0.05, 0) is 48.9 Å². The topological polar surface area (TPSA) is 29.3 Å². The molecule has 2 aromatic carbocycles. The van der Waals surface area contributed by atoms with Crippen LogP contribution in [-0.2, 0) is 13.1 Å². The third kappa shape index (κ3) is 3.82. The van der Waals surface area contributed by atoms with Gasteiger partial charge in [-0.2, -0.15) is 0 Å². The number of hydrogen-bond donors (Lipinski definition) is 1. The predicted octanol–water partition coefficient (Wildman–Crippen LogP) is 4.13. The first kappa shape index (κ1) is 16.0. The van der Waals surface area contributed by atoms with Crippen molar-refractivity contribution in [1.29, 1.82) is 0 Å². The Hall–Kier alpha value is -1.42. The Morgan fingerprint density at radius 2 is 1.90 bits per heavy atom. The number of nitrogens with zero attached hydrogens (tertiary/aromatic N) is 1. The molecule has 2 rings (SSSR count). The Morgan fingerprint density at radius 3 is 2.57 bits per heavy atom. The van der Waals surface area contributed by atoms with E-state index in [1.54, 1.807) is 6.07 Å². The van der Waals surface area contributed by atoms with E-state index in [9.17, 15) is 4.39 Å². The van der Waals surface area contributed by atoms with E-state index in [0.29, 0.717) is 13.1 Å². The molecule has 0 fully saturated rings. The number of rotatable bonds is 5. The van der Waals surface area contributed by atoms with Crippen molar-refractivity contribution in [3.8, 4) is 0 Å². The van der Waals surface area contributed by atoms with Gasteiger partial charge in [-0.15, -0.1) is 0 Å². The summed E-state index contributed by atoms with van der Waals surface area (Å²) in [6.45, 7) is 3.13. The molecule has 21 heavy (non-hydrogen) atoms. The number of halogens is 2. The average molecular weight is 307 g/mol. The van der Waals surface area contributed by atoms with Crippen LogP contribution in [-0.4, -0.2) is 11.9 Å². The highest BCUT2D eigenvalue weighted by molar-refractivity contribution is 6.31. The van der Waals surface area contributed by atoms with Gasteiger partial charge in [0.05, 0.1) is 0 Å². The Bertz CT molecular complexity index is 615. The van der Waals surface area contributed by atoms with Crippen molar-refractivity contribution in [2.45, 2.75) is 26.1 Å². The third-order valence-electron chi connectivity index (χ3n) is 3.82. The summed E-state index contributed by atoms with van der Waals surface area (Å²) in [5.41, 5.74) is 8.66. The predicted molar refractivity (Wildman–Crippen MR) is 85.6 cm³/mol. The molecule has 0 bridgehead atoms. The van der Waals surface area contributed by atoms with E-state index >= 15 is 0 Å². The molecular weight excluding hydrogens is 287 g/mol. The van der Waals surface area contributed by atoms with E-state index in [-0.39, 0.29) is 11.9 Å². The van der Waals surface area contributed by atoms with Gasteiger partial charge in [0.1, 0.15) is 5.82 Å². The second-order valence-electron chi connectivity index (χ2n) is 5.23. The Balaban J connectivity index is 2.18. The van der Waals surface area contributed by atoms with Crippen molar-refractivity contribution in [2.24, 2.45) is 5.73 Å². The van der Waals surface area contributed by atoms with Gasteiger partial charge in [0, 0.05) is 24.2 Å². The highest BCUT2D eigenvalue weighted by Gasteiger charge is 2.15. The first-order valence-corrected chi connectivity index (χ1v) is 7.32. The zero-order valence-electron chi connectivity index (χ0n) is 12.3. The van der Waals surface area contributed by atoms with E-state index in [1.165, 1.54) is 12.1 Å². The molecular formula is C17H20ClFN2. The van der Waals surface area contributed by atoms with Gasteiger partial charge in [0.15, 0.2) is 0 Å². The SMILES string of the molecule is CC(c1ccccc1Cl)N(C)Cc1ccc(F)cc1CN. The molecule has 1 unspecified atom stereocenters. The summed E-state index contributed by atoms with van der Waals surface area (Å²) in [4.78, 5) is 2.17. The molecule has 0 spiro atoms. The highest BCUT2D eigenvalue weighted by atomic mass is 35.5. The monoisotopic (exact) mass is 306 g/mol. The summed E-state index contributed by atoms with van der Waals surface area (Å²) in [7, 11) is 2.03. The molecule has 2 aromatic rings. The average Bonchev–Trinajstić information content (AvgIpc) is 2.48. The maximum absolute atomic E-state index is 13.3. The summed E-state index contributed by atoms with van der Waals surface area (Å²) in [5.74, 6) is -0.249. The van der Waals surface area contributed by atoms with Crippen LogP contribution in [0.1, 0.15) is 29.7 Å². The van der Waals surface area contributed by atoms with Gasteiger partial charge < -0.3 is 5.73 Å². The first-order chi connectivity index (χ1) is 10.0. The van der Waals surface area contributed by atoms with E-state index in [1.807, 2.05) is 31.3 Å². The van der Waals surface area contributed by atoms with E-state index in [0.717, 1.165) is 21.7 Å². The fourth-order valence-corrected chi connectivity index (χ4v) is 2.69. The van der Waals surface area contributed by atoms with Crippen molar-refractivity contribution in [1.82, 2.24) is 4.90 Å². The molecule has 0 aliphatic rings. The van der Waals surface area contributed by atoms with Crippen molar-refractivity contribution in [3.63, 3.8) is 0 Å². The minimum Gasteiger partial charge on any atom is -0.326 e. The van der Waals surface area contributed by atoms with Gasteiger partial charge in [0.2, 0.25) is 0 Å². The lowest BCUT2D eigenvalue weighted by Crippen LogP contribution is -2.23. The fraction of sp³-hybridized carbons (Fsp3) is 0.294. The van der Waals surface area contributed by atoms with Crippen LogP contribution >= 0.6 is 11.6 Å². The fourth-order valence-electron chi connectivity index (χ4n) is 2.40. The summed E-state index contributed by atoms with van der Waals surface area (Å²) in [5, 5.41) is 0.759. The number of nitrogens with two attached hydrogens (primary N) is 1. The molecule has 0 aromatic heterocycles. The molecule has 112 valence electrons. The molecule has 0 saturated heterocycles. The molecule has 0 amide bonds. The summed E-state index contributed by atoms with van der Waals surface area (Å²) >= 11 is 6.25. The Kier molecular flexibility index (Phi) is 5.34. The van der Waals surface area contributed by atoms with Gasteiger partial charge in [0.25, 0.3) is 0 Å². The van der Waals surface area contributed by atoms with Crippen molar-refractivity contribution >= 4 is 11.6 Å². The minimum absolute atomic E-state index is 0.161. The van der Waals surface area contributed by atoms with Gasteiger partial charge in [-0.25, -0.2) is 4.39 Å². The van der Waals surface area contributed by atoms with Crippen LogP contribution in [0.2, 0.25) is 5.02 Å². The summed E-state index contributed by atoms with van der Waals surface area (Å²) in [6, 6.07) is 12.8. The molecule has 0 radical (unpaired) electrons. The molecule has 2 N–H and O–H groups in total. The van der Waals surface area contributed by atoms with Crippen LogP contribution in [0, 0.1) is 5.82 Å². The van der Waals surface area contributed by atoms with E-state index in [4.69, 9.17) is 17.3 Å². The largest absolute Gasteiger partial charge is 0.326 e. The van der Waals surface area contributed by atoms with Gasteiger partial charge in [-0.1, -0.05) is 35.9 Å². The normalized spacial score (nSPS) is 12.7. The standard InChI is InChI=1S/C17H20ClFN2/c1-12(16-5-3-4-6-17(16)18)21(2)11-13-7-8-15(19)9-14(13)10-20/h3-9,12H,10-11,20H2,1-2H3. The lowest BCUT2D eigenvalue weighted by Gasteiger charge is -2.26. The van der Waals surface area contributed by atoms with Crippen LogP contribution in [0.25, 0.3) is 0 Å². The van der Waals surface area contributed by atoms with Crippen LogP contribution in [0.15, 0.2) is 42.5 Å². The molecule has 0 aliphatic heterocycles. The van der Waals surface area contributed by atoms with Crippen molar-refractivity contribution in [2.75, 3.05) is 7.05 Å². The molecule has 0 aliphatic carbocycles. The van der Waals surface area contributed by atoms with Crippen LogP contribution in [0.4, 0.5) is 4.39 Å². The number of hydrogen-bond acceptors (Lipinski definition) is 2. The van der Waals surface area contributed by atoms with Gasteiger partial charge in [-0.3, -0.25) is 4.90 Å². The molecule has 0 heterocycles. The quantitative estimate of drug-likeness (QED) is 0.900. The van der Waals surface area contributed by atoms with Crippen molar-refractivity contribution < 1.29 is 4.39 Å². The maximum atomic E-state index is 13.3. The smallest absolute Gasteiger partial charge is 0.123 e. The highest BCUT2D eigenvalue weighted by Crippen LogP contribution is 2.27. The molecule has 2 nitrogen and oxygen atoms in total. The number of benzene rings is 2.